The number of nitrogens with one attached hydrogen (secondary N) is 2. The highest BCUT2D eigenvalue weighted by molar-refractivity contribution is 5.91. The van der Waals surface area contributed by atoms with E-state index in [0.717, 1.165) is 0 Å². The number of halogens is 1. The van der Waals surface area contributed by atoms with E-state index in [1.807, 2.05) is 4.90 Å². The van der Waals surface area contributed by atoms with Crippen LogP contribution in [0.2, 0.25) is 0 Å². The van der Waals surface area contributed by atoms with Crippen molar-refractivity contribution >= 4 is 29.3 Å². The van der Waals surface area contributed by atoms with Crippen LogP contribution in [0.15, 0.2) is 24.4 Å². The average molecular weight is 461 g/mol. The molecule has 176 valence electrons. The maximum absolute atomic E-state index is 14.9. The number of hydroxylamine groups is 1. The summed E-state index contributed by atoms with van der Waals surface area (Å²) in [6.45, 7) is 2.92. The smallest absolute Gasteiger partial charge is 0.414 e. The molecule has 2 aliphatic rings. The zero-order valence-corrected chi connectivity index (χ0v) is 17.9. The third kappa shape index (κ3) is 4.87. The van der Waals surface area contributed by atoms with Gasteiger partial charge in [-0.2, -0.15) is 0 Å². The molecule has 0 radical (unpaired) electrons. The predicted molar refractivity (Wildman–Crippen MR) is 112 cm³/mol. The molecule has 2 aromatic rings. The molecule has 3 amide bonds. The van der Waals surface area contributed by atoms with Gasteiger partial charge in [0.25, 0.3) is 5.91 Å². The Morgan fingerprint density at radius 2 is 2.06 bits per heavy atom. The van der Waals surface area contributed by atoms with Crippen LogP contribution in [0.1, 0.15) is 36.3 Å². The van der Waals surface area contributed by atoms with Crippen molar-refractivity contribution in [3.8, 4) is 0 Å². The Labute approximate surface area is 188 Å². The fraction of sp³-hybridized carbons (Fsp3) is 0.450. The highest BCUT2D eigenvalue weighted by atomic mass is 19.1. The lowest BCUT2D eigenvalue weighted by Crippen LogP contribution is -2.35. The number of carbonyl (C=O) groups excluding carboxylic acids is 3. The number of rotatable bonds is 6. The van der Waals surface area contributed by atoms with Gasteiger partial charge in [0.05, 0.1) is 36.7 Å². The van der Waals surface area contributed by atoms with E-state index in [-0.39, 0.29) is 30.7 Å². The van der Waals surface area contributed by atoms with Crippen LogP contribution in [0.4, 0.5) is 20.6 Å². The van der Waals surface area contributed by atoms with Crippen molar-refractivity contribution in [3.05, 3.63) is 35.9 Å². The molecule has 0 saturated carbocycles. The molecule has 0 aliphatic carbocycles. The van der Waals surface area contributed by atoms with Crippen LogP contribution in [0.5, 0.6) is 0 Å². The number of carbonyl (C=O) groups is 3. The predicted octanol–water partition coefficient (Wildman–Crippen LogP) is 0.839. The Kier molecular flexibility index (Phi) is 6.40. The summed E-state index contributed by atoms with van der Waals surface area (Å²) in [4.78, 5) is 37.9. The third-order valence-corrected chi connectivity index (χ3v) is 5.72. The Morgan fingerprint density at radius 1 is 1.30 bits per heavy atom. The molecule has 2 saturated heterocycles. The van der Waals surface area contributed by atoms with Gasteiger partial charge in [-0.25, -0.2) is 19.3 Å². The first-order chi connectivity index (χ1) is 15.9. The van der Waals surface area contributed by atoms with Gasteiger partial charge < -0.3 is 15.0 Å². The first-order valence-electron chi connectivity index (χ1n) is 10.5. The Bertz CT molecular complexity index is 1050. The van der Waals surface area contributed by atoms with Crippen molar-refractivity contribution in [2.24, 2.45) is 0 Å². The summed E-state index contributed by atoms with van der Waals surface area (Å²) in [5.74, 6) is -1.40. The summed E-state index contributed by atoms with van der Waals surface area (Å²) in [5.41, 5.74) is 2.35. The van der Waals surface area contributed by atoms with E-state index >= 15 is 0 Å². The van der Waals surface area contributed by atoms with Crippen molar-refractivity contribution in [1.29, 1.82) is 0 Å². The highest BCUT2D eigenvalue weighted by Crippen LogP contribution is 2.31. The van der Waals surface area contributed by atoms with Crippen LogP contribution >= 0.6 is 0 Å². The van der Waals surface area contributed by atoms with Gasteiger partial charge in [0.1, 0.15) is 11.9 Å². The second-order valence-electron chi connectivity index (χ2n) is 7.93. The van der Waals surface area contributed by atoms with E-state index < -0.39 is 23.9 Å². The Balaban J connectivity index is 1.37. The van der Waals surface area contributed by atoms with Crippen LogP contribution in [-0.2, 0) is 9.53 Å². The minimum atomic E-state index is -0.732. The van der Waals surface area contributed by atoms with Gasteiger partial charge in [-0.1, -0.05) is 5.21 Å². The standard InChI is InChI=1S/C20H24FN7O5/c1-12(29)22-9-15-10-27(20(31)33-15)14-2-3-18(16(21)8-14)26-6-4-13(5-7-26)28-11-17(23-25-28)19(30)24-32/h2-3,8,11,13,15,32H,4-7,9-10H2,1H3,(H,22,29)(H,24,30)/t15-/m0/s1. The molecular formula is C20H24FN7O5. The lowest BCUT2D eigenvalue weighted by Gasteiger charge is -2.33. The van der Waals surface area contributed by atoms with Crippen molar-refractivity contribution in [1.82, 2.24) is 25.8 Å². The molecule has 0 spiro atoms. The van der Waals surface area contributed by atoms with Crippen LogP contribution < -0.4 is 20.6 Å². The summed E-state index contributed by atoms with van der Waals surface area (Å²) in [7, 11) is 0. The number of piperidine rings is 1. The molecule has 3 heterocycles. The van der Waals surface area contributed by atoms with Gasteiger partial charge in [-0.15, -0.1) is 5.10 Å². The van der Waals surface area contributed by atoms with Crippen LogP contribution in [0, 0.1) is 5.82 Å². The Morgan fingerprint density at radius 3 is 2.73 bits per heavy atom. The maximum atomic E-state index is 14.9. The summed E-state index contributed by atoms with van der Waals surface area (Å²) in [5, 5.41) is 19.0. The number of hydrogen-bond acceptors (Lipinski definition) is 8. The minimum absolute atomic E-state index is 0.00348. The van der Waals surface area contributed by atoms with Crippen molar-refractivity contribution in [2.75, 3.05) is 36.0 Å². The van der Waals surface area contributed by atoms with Crippen LogP contribution in [-0.4, -0.2) is 70.4 Å². The minimum Gasteiger partial charge on any atom is -0.442 e. The number of benzene rings is 1. The van der Waals surface area contributed by atoms with Gasteiger partial charge in [-0.05, 0) is 31.0 Å². The number of nitrogens with zero attached hydrogens (tertiary/aromatic N) is 5. The number of hydrogen-bond donors (Lipinski definition) is 3. The second kappa shape index (κ2) is 9.40. The molecule has 1 atom stereocenters. The third-order valence-electron chi connectivity index (χ3n) is 5.72. The number of anilines is 2. The normalized spacial score (nSPS) is 18.9. The summed E-state index contributed by atoms with van der Waals surface area (Å²) < 4.78 is 21.8. The van der Waals surface area contributed by atoms with E-state index in [2.05, 4.69) is 15.6 Å². The second-order valence-corrected chi connectivity index (χ2v) is 7.93. The van der Waals surface area contributed by atoms with E-state index in [9.17, 15) is 18.8 Å². The van der Waals surface area contributed by atoms with E-state index in [0.29, 0.717) is 37.3 Å². The van der Waals surface area contributed by atoms with Crippen molar-refractivity contribution < 1.29 is 28.7 Å². The van der Waals surface area contributed by atoms with Gasteiger partial charge in [0.15, 0.2) is 5.69 Å². The monoisotopic (exact) mass is 461 g/mol. The van der Waals surface area contributed by atoms with Crippen molar-refractivity contribution in [3.63, 3.8) is 0 Å². The molecular weight excluding hydrogens is 437 g/mol. The molecule has 2 aliphatic heterocycles. The number of cyclic esters (lactones) is 1. The zero-order valence-electron chi connectivity index (χ0n) is 17.9. The summed E-state index contributed by atoms with van der Waals surface area (Å²) >= 11 is 0. The molecule has 12 nitrogen and oxygen atoms in total. The number of ether oxygens (including phenoxy) is 1. The zero-order chi connectivity index (χ0) is 23.5. The van der Waals surface area contributed by atoms with Gasteiger partial charge in [0.2, 0.25) is 5.91 Å². The average Bonchev–Trinajstić information content (AvgIpc) is 3.44. The van der Waals surface area contributed by atoms with Crippen molar-refractivity contribution in [2.45, 2.75) is 31.9 Å². The quantitative estimate of drug-likeness (QED) is 0.424. The highest BCUT2D eigenvalue weighted by Gasteiger charge is 2.33. The molecule has 4 rings (SSSR count). The fourth-order valence-corrected chi connectivity index (χ4v) is 4.00. The van der Waals surface area contributed by atoms with Gasteiger partial charge in [0, 0.05) is 20.0 Å². The lowest BCUT2D eigenvalue weighted by atomic mass is 10.0. The molecule has 33 heavy (non-hydrogen) atoms. The van der Waals surface area contributed by atoms with Gasteiger partial charge in [-0.3, -0.25) is 19.7 Å². The fourth-order valence-electron chi connectivity index (χ4n) is 4.00. The molecule has 1 aromatic carbocycles. The van der Waals surface area contributed by atoms with Crippen LogP contribution in [0.3, 0.4) is 0 Å². The largest absolute Gasteiger partial charge is 0.442 e. The molecule has 0 unspecified atom stereocenters. The number of aromatic nitrogens is 3. The first kappa shape index (κ1) is 22.5. The molecule has 2 fully saturated rings. The van der Waals surface area contributed by atoms with Crippen LogP contribution in [0.25, 0.3) is 0 Å². The van der Waals surface area contributed by atoms with E-state index in [4.69, 9.17) is 9.94 Å². The summed E-state index contributed by atoms with van der Waals surface area (Å²) in [6.07, 6.45) is 1.71. The van der Waals surface area contributed by atoms with E-state index in [1.165, 1.54) is 29.6 Å². The maximum Gasteiger partial charge on any atom is 0.414 e. The topological polar surface area (TPSA) is 142 Å². The Hall–Kier alpha value is -3.74. The summed E-state index contributed by atoms with van der Waals surface area (Å²) in [6, 6.07) is 4.61. The SMILES string of the molecule is CC(=O)NC[C@H]1CN(c2ccc(N3CCC(n4cc(C(=O)NO)nn4)CC3)c(F)c2)C(=O)O1. The van der Waals surface area contributed by atoms with Gasteiger partial charge >= 0.3 is 6.09 Å². The lowest BCUT2D eigenvalue weighted by molar-refractivity contribution is -0.119. The molecule has 1 aromatic heterocycles. The molecule has 0 bridgehead atoms. The first-order valence-corrected chi connectivity index (χ1v) is 10.5. The molecule has 3 N–H and O–H groups in total. The van der Waals surface area contributed by atoms with E-state index in [1.54, 1.807) is 16.8 Å². The molecule has 13 heteroatoms. The number of amides is 3.